The van der Waals surface area contributed by atoms with E-state index in [2.05, 4.69) is 10.6 Å². The number of aliphatic carboxylic acids is 1. The van der Waals surface area contributed by atoms with Gasteiger partial charge in [0.1, 0.15) is 17.5 Å². The van der Waals surface area contributed by atoms with Gasteiger partial charge in [0.2, 0.25) is 0 Å². The third-order valence-corrected chi connectivity index (χ3v) is 3.98. The summed E-state index contributed by atoms with van der Waals surface area (Å²) >= 11 is 0. The Morgan fingerprint density at radius 3 is 2.38 bits per heavy atom. The zero-order valence-electron chi connectivity index (χ0n) is 16.5. The number of benzene rings is 1. The molecule has 1 aromatic carbocycles. The first-order valence-corrected chi connectivity index (χ1v) is 9.04. The fraction of sp³-hybridized carbons (Fsp3) is 0.286. The third kappa shape index (κ3) is 6.53. The average molecular weight is 400 g/mol. The number of carboxylic acid groups (broad SMARTS) is 1. The second-order valence-corrected chi connectivity index (χ2v) is 6.76. The van der Waals surface area contributed by atoms with Gasteiger partial charge in [0.15, 0.2) is 5.76 Å². The highest BCUT2D eigenvalue weighted by Crippen LogP contribution is 2.14. The summed E-state index contributed by atoms with van der Waals surface area (Å²) in [5, 5.41) is 14.3. The summed E-state index contributed by atoms with van der Waals surface area (Å²) in [6, 6.07) is 8.73. The molecule has 8 nitrogen and oxygen atoms in total. The van der Waals surface area contributed by atoms with Gasteiger partial charge in [-0.05, 0) is 48.2 Å². The summed E-state index contributed by atoms with van der Waals surface area (Å²) in [5.74, 6) is -1.77. The minimum atomic E-state index is -1.15. The lowest BCUT2D eigenvalue weighted by atomic mass is 10.0. The molecule has 8 heteroatoms. The lowest BCUT2D eigenvalue weighted by Gasteiger charge is -2.18. The van der Waals surface area contributed by atoms with Crippen molar-refractivity contribution in [2.24, 2.45) is 5.92 Å². The van der Waals surface area contributed by atoms with Gasteiger partial charge in [-0.3, -0.25) is 9.59 Å². The first-order valence-electron chi connectivity index (χ1n) is 9.04. The van der Waals surface area contributed by atoms with Crippen LogP contribution in [0, 0.1) is 5.92 Å². The van der Waals surface area contributed by atoms with Crippen molar-refractivity contribution >= 4 is 23.9 Å². The van der Waals surface area contributed by atoms with Gasteiger partial charge < -0.3 is 24.9 Å². The molecule has 2 rings (SSSR count). The highest BCUT2D eigenvalue weighted by Gasteiger charge is 2.24. The van der Waals surface area contributed by atoms with Crippen molar-refractivity contribution in [2.45, 2.75) is 26.3 Å². The number of furan rings is 1. The van der Waals surface area contributed by atoms with E-state index in [1.807, 2.05) is 13.8 Å². The first-order chi connectivity index (χ1) is 13.8. The molecule has 0 aliphatic carbocycles. The number of nitrogens with one attached hydrogen (secondary N) is 2. The van der Waals surface area contributed by atoms with E-state index in [0.29, 0.717) is 11.3 Å². The van der Waals surface area contributed by atoms with Crippen LogP contribution in [0.3, 0.4) is 0 Å². The van der Waals surface area contributed by atoms with Gasteiger partial charge in [-0.1, -0.05) is 26.0 Å². The van der Waals surface area contributed by atoms with E-state index in [1.54, 1.807) is 30.3 Å². The molecule has 3 N–H and O–H groups in total. The molecule has 2 amide bonds. The minimum absolute atomic E-state index is 0.0235. The standard InChI is InChI=1S/C21H24N2O6/c1-13(2)11-17(21(26)27)23-19(24)16(22-20(25)18-5-4-10-29-18)12-14-6-8-15(28-3)9-7-14/h4-10,12-13,17H,11H2,1-3H3,(H,22,25)(H,23,24)(H,26,27). The predicted octanol–water partition coefficient (Wildman–Crippen LogP) is 2.67. The topological polar surface area (TPSA) is 118 Å². The van der Waals surface area contributed by atoms with Gasteiger partial charge in [0.05, 0.1) is 13.4 Å². The van der Waals surface area contributed by atoms with Crippen molar-refractivity contribution < 1.29 is 28.6 Å². The van der Waals surface area contributed by atoms with E-state index >= 15 is 0 Å². The summed E-state index contributed by atoms with van der Waals surface area (Å²) in [5.41, 5.74) is 0.512. The Hall–Kier alpha value is -3.55. The molecule has 2 aromatic rings. The SMILES string of the molecule is COc1ccc(C=C(NC(=O)c2ccco2)C(=O)NC(CC(C)C)C(=O)O)cc1. The maximum absolute atomic E-state index is 12.8. The number of methoxy groups -OCH3 is 1. The number of carboxylic acids is 1. The Balaban J connectivity index is 2.28. The van der Waals surface area contributed by atoms with Crippen molar-refractivity contribution in [1.82, 2.24) is 10.6 Å². The molecular formula is C21H24N2O6. The molecule has 29 heavy (non-hydrogen) atoms. The lowest BCUT2D eigenvalue weighted by Crippen LogP contribution is -2.44. The van der Waals surface area contributed by atoms with Crippen molar-refractivity contribution in [3.63, 3.8) is 0 Å². The molecule has 0 aliphatic heterocycles. The Morgan fingerprint density at radius 1 is 1.17 bits per heavy atom. The average Bonchev–Trinajstić information content (AvgIpc) is 3.22. The van der Waals surface area contributed by atoms with Crippen LogP contribution in [0.5, 0.6) is 5.75 Å². The fourth-order valence-corrected chi connectivity index (χ4v) is 2.55. The van der Waals surface area contributed by atoms with Crippen molar-refractivity contribution in [3.8, 4) is 5.75 Å². The van der Waals surface area contributed by atoms with Gasteiger partial charge in [-0.15, -0.1) is 0 Å². The lowest BCUT2D eigenvalue weighted by molar-refractivity contribution is -0.141. The van der Waals surface area contributed by atoms with Crippen molar-refractivity contribution in [3.05, 3.63) is 59.7 Å². The molecule has 154 valence electrons. The molecule has 1 aromatic heterocycles. The zero-order valence-corrected chi connectivity index (χ0v) is 16.5. The molecule has 0 aliphatic rings. The van der Waals surface area contributed by atoms with Crippen LogP contribution in [-0.4, -0.2) is 36.0 Å². The normalized spacial score (nSPS) is 12.3. The number of carbonyl (C=O) groups excluding carboxylic acids is 2. The summed E-state index contributed by atoms with van der Waals surface area (Å²) in [4.78, 5) is 36.6. The Morgan fingerprint density at radius 2 is 1.86 bits per heavy atom. The summed E-state index contributed by atoms with van der Waals surface area (Å²) < 4.78 is 10.2. The van der Waals surface area contributed by atoms with Gasteiger partial charge in [0.25, 0.3) is 11.8 Å². The maximum Gasteiger partial charge on any atom is 0.326 e. The summed E-state index contributed by atoms with van der Waals surface area (Å²) in [7, 11) is 1.54. The largest absolute Gasteiger partial charge is 0.497 e. The molecule has 0 saturated heterocycles. The van der Waals surface area contributed by atoms with Gasteiger partial charge in [0, 0.05) is 0 Å². The monoisotopic (exact) mass is 400 g/mol. The van der Waals surface area contributed by atoms with E-state index in [9.17, 15) is 19.5 Å². The van der Waals surface area contributed by atoms with Crippen LogP contribution in [0.25, 0.3) is 6.08 Å². The smallest absolute Gasteiger partial charge is 0.326 e. The molecule has 0 saturated carbocycles. The van der Waals surface area contributed by atoms with Crippen LogP contribution in [0.2, 0.25) is 0 Å². The van der Waals surface area contributed by atoms with E-state index in [-0.39, 0.29) is 23.8 Å². The second kappa shape index (κ2) is 10.1. The molecule has 1 unspecified atom stereocenters. The van der Waals surface area contributed by atoms with Gasteiger partial charge in [-0.2, -0.15) is 0 Å². The van der Waals surface area contributed by atoms with Crippen molar-refractivity contribution in [1.29, 1.82) is 0 Å². The molecule has 1 heterocycles. The predicted molar refractivity (Wildman–Crippen MR) is 106 cm³/mol. The van der Waals surface area contributed by atoms with Crippen LogP contribution in [0.1, 0.15) is 36.4 Å². The number of hydrogen-bond donors (Lipinski definition) is 3. The molecule has 1 atom stereocenters. The molecule has 0 radical (unpaired) electrons. The van der Waals surface area contributed by atoms with Crippen LogP contribution < -0.4 is 15.4 Å². The van der Waals surface area contributed by atoms with Gasteiger partial charge >= 0.3 is 5.97 Å². The van der Waals surface area contributed by atoms with E-state index in [4.69, 9.17) is 9.15 Å². The Kier molecular flexibility index (Phi) is 7.59. The third-order valence-electron chi connectivity index (χ3n) is 3.98. The van der Waals surface area contributed by atoms with Crippen LogP contribution in [0.15, 0.2) is 52.8 Å². The minimum Gasteiger partial charge on any atom is -0.497 e. The van der Waals surface area contributed by atoms with Crippen LogP contribution >= 0.6 is 0 Å². The zero-order chi connectivity index (χ0) is 21.4. The number of amides is 2. The molecular weight excluding hydrogens is 376 g/mol. The fourth-order valence-electron chi connectivity index (χ4n) is 2.55. The number of hydrogen-bond acceptors (Lipinski definition) is 5. The quantitative estimate of drug-likeness (QED) is 0.557. The number of ether oxygens (including phenoxy) is 1. The van der Waals surface area contributed by atoms with Gasteiger partial charge in [-0.25, -0.2) is 4.79 Å². The number of carbonyl (C=O) groups is 3. The maximum atomic E-state index is 12.8. The van der Waals surface area contributed by atoms with E-state index in [0.717, 1.165) is 0 Å². The van der Waals surface area contributed by atoms with Crippen molar-refractivity contribution in [2.75, 3.05) is 7.11 Å². The Labute approximate surface area is 168 Å². The molecule has 0 spiro atoms. The molecule has 0 bridgehead atoms. The van der Waals surface area contributed by atoms with Crippen LogP contribution in [-0.2, 0) is 9.59 Å². The Bertz CT molecular complexity index is 869. The van der Waals surface area contributed by atoms with E-state index < -0.39 is 23.8 Å². The highest BCUT2D eigenvalue weighted by molar-refractivity contribution is 6.05. The van der Waals surface area contributed by atoms with Crippen LogP contribution in [0.4, 0.5) is 0 Å². The number of rotatable bonds is 9. The second-order valence-electron chi connectivity index (χ2n) is 6.76. The molecule has 0 fully saturated rings. The summed E-state index contributed by atoms with van der Waals surface area (Å²) in [6.07, 6.45) is 3.04. The highest BCUT2D eigenvalue weighted by atomic mass is 16.5. The first kappa shape index (κ1) is 21.7. The summed E-state index contributed by atoms with van der Waals surface area (Å²) in [6.45, 7) is 3.71. The van der Waals surface area contributed by atoms with E-state index in [1.165, 1.54) is 25.5 Å².